The minimum absolute atomic E-state index is 0.149. The van der Waals surface area contributed by atoms with E-state index in [9.17, 15) is 22.8 Å². The smallest absolute Gasteiger partial charge is 0.325 e. The number of aromatic nitrogens is 2. The summed E-state index contributed by atoms with van der Waals surface area (Å²) in [5, 5.41) is 14.7. The highest BCUT2D eigenvalue weighted by Crippen LogP contribution is 2.34. The second kappa shape index (κ2) is 9.37. The molecule has 6 nitrogen and oxygen atoms in total. The normalized spacial score (nSPS) is 11.3. The number of para-hydroxylation sites is 1. The van der Waals surface area contributed by atoms with Crippen LogP contribution in [0.5, 0.6) is 0 Å². The maximum absolute atomic E-state index is 13.0. The van der Waals surface area contributed by atoms with E-state index in [2.05, 4.69) is 20.8 Å². The van der Waals surface area contributed by atoms with Crippen LogP contribution in [0.15, 0.2) is 46.1 Å². The number of anilines is 2. The molecule has 1 aromatic carbocycles. The third kappa shape index (κ3) is 6.27. The second-order valence-corrected chi connectivity index (χ2v) is 8.79. The Labute approximate surface area is 175 Å². The van der Waals surface area contributed by atoms with Crippen LogP contribution in [-0.2, 0) is 22.2 Å². The van der Waals surface area contributed by atoms with E-state index in [0.717, 1.165) is 34.0 Å². The van der Waals surface area contributed by atoms with E-state index in [0.29, 0.717) is 4.34 Å². The van der Waals surface area contributed by atoms with Crippen LogP contribution in [0.4, 0.5) is 24.0 Å². The molecule has 0 saturated carbocycles. The Morgan fingerprint density at radius 3 is 2.55 bits per heavy atom. The fourth-order valence-electron chi connectivity index (χ4n) is 2.21. The van der Waals surface area contributed by atoms with Gasteiger partial charge in [0.05, 0.1) is 23.4 Å². The van der Waals surface area contributed by atoms with Gasteiger partial charge in [0.15, 0.2) is 4.34 Å². The van der Waals surface area contributed by atoms with Crippen LogP contribution in [0.2, 0.25) is 0 Å². The van der Waals surface area contributed by atoms with Gasteiger partial charge in [0.2, 0.25) is 16.9 Å². The monoisotopic (exact) mass is 458 g/mol. The molecule has 2 amide bonds. The number of hydrogen-bond acceptors (Lipinski definition) is 7. The number of nitrogens with one attached hydrogen (secondary N) is 2. The van der Waals surface area contributed by atoms with Gasteiger partial charge in [-0.1, -0.05) is 41.3 Å². The average molecular weight is 459 g/mol. The van der Waals surface area contributed by atoms with E-state index in [1.165, 1.54) is 29.5 Å². The maximum atomic E-state index is 13.0. The van der Waals surface area contributed by atoms with Gasteiger partial charge in [-0.3, -0.25) is 9.59 Å². The molecule has 0 aliphatic heterocycles. The van der Waals surface area contributed by atoms with E-state index in [1.807, 2.05) is 17.5 Å². The lowest BCUT2D eigenvalue weighted by Gasteiger charge is -2.13. The van der Waals surface area contributed by atoms with E-state index in [-0.39, 0.29) is 28.9 Å². The quantitative estimate of drug-likeness (QED) is 0.401. The Hall–Kier alpha value is -2.44. The highest BCUT2D eigenvalue weighted by molar-refractivity contribution is 8.01. The number of amides is 2. The molecule has 2 heterocycles. The zero-order valence-electron chi connectivity index (χ0n) is 14.5. The number of halogens is 3. The van der Waals surface area contributed by atoms with Crippen LogP contribution in [0.1, 0.15) is 10.4 Å². The average Bonchev–Trinajstić information content (AvgIpc) is 3.31. The van der Waals surface area contributed by atoms with Gasteiger partial charge in [0, 0.05) is 4.88 Å². The predicted octanol–water partition coefficient (Wildman–Crippen LogP) is 4.53. The van der Waals surface area contributed by atoms with E-state index in [1.54, 1.807) is 0 Å². The Bertz CT molecular complexity index is 990. The first-order valence-corrected chi connectivity index (χ1v) is 10.7. The zero-order chi connectivity index (χ0) is 20.9. The fraction of sp³-hybridized carbons (Fsp3) is 0.176. The van der Waals surface area contributed by atoms with Crippen molar-refractivity contribution >= 4 is 57.1 Å². The van der Waals surface area contributed by atoms with Gasteiger partial charge >= 0.3 is 6.18 Å². The molecule has 0 radical (unpaired) electrons. The molecule has 29 heavy (non-hydrogen) atoms. The van der Waals surface area contributed by atoms with Crippen molar-refractivity contribution in [1.29, 1.82) is 0 Å². The summed E-state index contributed by atoms with van der Waals surface area (Å²) >= 11 is 3.57. The van der Waals surface area contributed by atoms with Crippen LogP contribution in [0.3, 0.4) is 0 Å². The largest absolute Gasteiger partial charge is 0.418 e. The van der Waals surface area contributed by atoms with Gasteiger partial charge in [-0.25, -0.2) is 0 Å². The molecule has 0 bridgehead atoms. The molecule has 0 unspecified atom stereocenters. The fourth-order valence-corrected chi connectivity index (χ4v) is 4.48. The van der Waals surface area contributed by atoms with E-state index in [4.69, 9.17) is 0 Å². The number of thioether (sulfide) groups is 1. The molecule has 0 aliphatic carbocycles. The first-order valence-electron chi connectivity index (χ1n) is 8.06. The second-order valence-electron chi connectivity index (χ2n) is 5.56. The lowest BCUT2D eigenvalue weighted by Crippen LogP contribution is -2.18. The number of nitrogens with zero attached hydrogens (tertiary/aromatic N) is 2. The van der Waals surface area contributed by atoms with Gasteiger partial charge in [0.25, 0.3) is 0 Å². The van der Waals surface area contributed by atoms with Crippen molar-refractivity contribution in [3.05, 3.63) is 52.2 Å². The van der Waals surface area contributed by atoms with Gasteiger partial charge in [0.1, 0.15) is 0 Å². The minimum Gasteiger partial charge on any atom is -0.325 e. The van der Waals surface area contributed by atoms with Gasteiger partial charge in [-0.15, -0.1) is 21.5 Å². The molecule has 3 rings (SSSR count). The maximum Gasteiger partial charge on any atom is 0.418 e. The van der Waals surface area contributed by atoms with Crippen LogP contribution in [-0.4, -0.2) is 27.8 Å². The van der Waals surface area contributed by atoms with Crippen molar-refractivity contribution in [3.8, 4) is 0 Å². The number of hydrogen-bond donors (Lipinski definition) is 2. The Morgan fingerprint density at radius 2 is 1.83 bits per heavy atom. The van der Waals surface area contributed by atoms with Crippen molar-refractivity contribution in [3.63, 3.8) is 0 Å². The summed E-state index contributed by atoms with van der Waals surface area (Å²) in [6, 6.07) is 8.46. The van der Waals surface area contributed by atoms with Crippen LogP contribution < -0.4 is 10.6 Å². The van der Waals surface area contributed by atoms with E-state index < -0.39 is 17.6 Å². The lowest BCUT2D eigenvalue weighted by atomic mass is 10.1. The Balaban J connectivity index is 1.51. The molecule has 12 heteroatoms. The molecule has 0 atom stereocenters. The van der Waals surface area contributed by atoms with Gasteiger partial charge < -0.3 is 10.6 Å². The highest BCUT2D eigenvalue weighted by atomic mass is 32.2. The van der Waals surface area contributed by atoms with E-state index >= 15 is 0 Å². The molecule has 0 fully saturated rings. The summed E-state index contributed by atoms with van der Waals surface area (Å²) in [7, 11) is 0. The summed E-state index contributed by atoms with van der Waals surface area (Å²) in [6.45, 7) is 0. The Kier molecular flexibility index (Phi) is 6.87. The van der Waals surface area contributed by atoms with Crippen LogP contribution in [0, 0.1) is 0 Å². The molecule has 2 aromatic heterocycles. The summed E-state index contributed by atoms with van der Waals surface area (Å²) < 4.78 is 39.3. The molecule has 0 saturated heterocycles. The number of alkyl halides is 3. The first kappa shape index (κ1) is 21.3. The third-order valence-corrected chi connectivity index (χ3v) is 6.25. The third-order valence-electron chi connectivity index (χ3n) is 3.40. The number of carbonyl (C=O) groups is 2. The molecular weight excluding hydrogens is 445 g/mol. The van der Waals surface area contributed by atoms with Gasteiger partial charge in [-0.05, 0) is 23.6 Å². The molecule has 2 N–H and O–H groups in total. The summed E-state index contributed by atoms with van der Waals surface area (Å²) in [4.78, 5) is 24.9. The number of benzene rings is 1. The minimum atomic E-state index is -4.56. The van der Waals surface area contributed by atoms with Gasteiger partial charge in [-0.2, -0.15) is 13.2 Å². The van der Waals surface area contributed by atoms with Crippen molar-refractivity contribution in [2.24, 2.45) is 0 Å². The standard InChI is InChI=1S/C17H13F3N4O2S3/c18-17(19,20)11-5-1-2-6-12(11)21-14(26)9-28-16-24-23-15(29-16)22-13(25)8-10-4-3-7-27-10/h1-7H,8-9H2,(H,21,26)(H,22,23,25). The highest BCUT2D eigenvalue weighted by Gasteiger charge is 2.33. The molecule has 3 aromatic rings. The van der Waals surface area contributed by atoms with Crippen molar-refractivity contribution in [2.75, 3.05) is 16.4 Å². The number of carbonyl (C=O) groups excluding carboxylic acids is 2. The first-order chi connectivity index (χ1) is 13.8. The summed E-state index contributed by atoms with van der Waals surface area (Å²) in [5.74, 6) is -0.990. The summed E-state index contributed by atoms with van der Waals surface area (Å²) in [5.41, 5.74) is -1.21. The topological polar surface area (TPSA) is 84.0 Å². The van der Waals surface area contributed by atoms with Crippen molar-refractivity contribution in [1.82, 2.24) is 10.2 Å². The SMILES string of the molecule is O=C(Cc1cccs1)Nc1nnc(SCC(=O)Nc2ccccc2C(F)(F)F)s1. The predicted molar refractivity (Wildman–Crippen MR) is 107 cm³/mol. The van der Waals surface area contributed by atoms with Crippen LogP contribution >= 0.6 is 34.4 Å². The lowest BCUT2D eigenvalue weighted by molar-refractivity contribution is -0.137. The summed E-state index contributed by atoms with van der Waals surface area (Å²) in [6.07, 6.45) is -4.34. The number of rotatable bonds is 7. The van der Waals surface area contributed by atoms with Crippen molar-refractivity contribution < 1.29 is 22.8 Å². The molecule has 0 aliphatic rings. The van der Waals surface area contributed by atoms with Crippen molar-refractivity contribution in [2.45, 2.75) is 16.9 Å². The van der Waals surface area contributed by atoms with Crippen LogP contribution in [0.25, 0.3) is 0 Å². The number of thiophene rings is 1. The molecule has 152 valence electrons. The zero-order valence-corrected chi connectivity index (χ0v) is 17.0. The molecular formula is C17H13F3N4O2S3. The molecule has 0 spiro atoms. The Morgan fingerprint density at radius 1 is 1.03 bits per heavy atom.